The van der Waals surface area contributed by atoms with E-state index in [2.05, 4.69) is 34.3 Å². The van der Waals surface area contributed by atoms with Gasteiger partial charge in [0.25, 0.3) is 0 Å². The third-order valence-electron chi connectivity index (χ3n) is 1.83. The molecule has 0 fully saturated rings. The smallest absolute Gasteiger partial charge is 0.0285 e. The largest absolute Gasteiger partial charge is 0.0956 e. The summed E-state index contributed by atoms with van der Waals surface area (Å²) in [6.07, 6.45) is 2.33. The van der Waals surface area contributed by atoms with Crippen molar-refractivity contribution in [1.82, 2.24) is 0 Å². The van der Waals surface area contributed by atoms with Gasteiger partial charge in [-0.05, 0) is 32.8 Å². The van der Waals surface area contributed by atoms with Crippen LogP contribution in [0.15, 0.2) is 23.3 Å². The molecule has 0 bridgehead atoms. The Balaban J connectivity index is -0.000000266. The first-order valence-corrected chi connectivity index (χ1v) is 5.91. The second kappa shape index (κ2) is 15.0. The van der Waals surface area contributed by atoms with E-state index in [4.69, 9.17) is 0 Å². The molecule has 0 radical (unpaired) electrons. The van der Waals surface area contributed by atoms with Crippen molar-refractivity contribution in [3.05, 3.63) is 23.3 Å². The molecule has 0 heteroatoms. The minimum atomic E-state index is 1.14. The lowest BCUT2D eigenvalue weighted by molar-refractivity contribution is 0.910. The molecule has 0 heterocycles. The van der Waals surface area contributed by atoms with Crippen LogP contribution in [0.1, 0.15) is 68.2 Å². The number of hydrogen-bond donors (Lipinski definition) is 0. The van der Waals surface area contributed by atoms with Gasteiger partial charge in [0.05, 0.1) is 0 Å². The van der Waals surface area contributed by atoms with Gasteiger partial charge in [-0.25, -0.2) is 0 Å². The molecular weight excluding hydrogens is 168 g/mol. The summed E-state index contributed by atoms with van der Waals surface area (Å²) in [6.45, 7) is 20.6. The van der Waals surface area contributed by atoms with Crippen LogP contribution >= 0.6 is 0 Å². The van der Waals surface area contributed by atoms with E-state index in [1.54, 1.807) is 0 Å². The fourth-order valence-corrected chi connectivity index (χ4v) is 0.843. The molecule has 0 amide bonds. The molecule has 14 heavy (non-hydrogen) atoms. The van der Waals surface area contributed by atoms with Crippen LogP contribution in [0.5, 0.6) is 0 Å². The summed E-state index contributed by atoms with van der Waals surface area (Å²) < 4.78 is 0. The molecule has 0 aliphatic rings. The van der Waals surface area contributed by atoms with Gasteiger partial charge in [-0.3, -0.25) is 0 Å². The zero-order valence-corrected chi connectivity index (χ0v) is 11.6. The molecule has 0 aliphatic carbocycles. The maximum Gasteiger partial charge on any atom is -0.0285 e. The van der Waals surface area contributed by atoms with Crippen LogP contribution in [0.4, 0.5) is 0 Å². The average Bonchev–Trinajstić information content (AvgIpc) is 2.23. The Labute approximate surface area is 92.1 Å². The van der Waals surface area contributed by atoms with Crippen molar-refractivity contribution < 1.29 is 0 Å². The first-order valence-electron chi connectivity index (χ1n) is 5.91. The lowest BCUT2D eigenvalue weighted by Crippen LogP contribution is -1.85. The molecule has 0 unspecified atom stereocenters. The second-order valence-corrected chi connectivity index (χ2v) is 2.98. The predicted molar refractivity (Wildman–Crippen MR) is 70.8 cm³/mol. The lowest BCUT2D eigenvalue weighted by Gasteiger charge is -2.05. The number of allylic oxidation sites excluding steroid dienone is 3. The van der Waals surface area contributed by atoms with Crippen LogP contribution in [0, 0.1) is 0 Å². The summed E-state index contributed by atoms with van der Waals surface area (Å²) in [5, 5.41) is 0. The Morgan fingerprint density at radius 2 is 1.29 bits per heavy atom. The molecule has 0 saturated heterocycles. The monoisotopic (exact) mass is 198 g/mol. The van der Waals surface area contributed by atoms with Gasteiger partial charge in [0.2, 0.25) is 0 Å². The number of rotatable bonds is 3. The highest BCUT2D eigenvalue weighted by Crippen LogP contribution is 2.16. The van der Waals surface area contributed by atoms with E-state index in [1.165, 1.54) is 23.1 Å². The van der Waals surface area contributed by atoms with Crippen LogP contribution in [-0.4, -0.2) is 0 Å². The van der Waals surface area contributed by atoms with E-state index in [1.807, 2.05) is 27.7 Å². The van der Waals surface area contributed by atoms with Crippen molar-refractivity contribution in [3.8, 4) is 0 Å². The second-order valence-electron chi connectivity index (χ2n) is 2.98. The van der Waals surface area contributed by atoms with Gasteiger partial charge in [-0.1, -0.05) is 58.8 Å². The molecule has 0 atom stereocenters. The Morgan fingerprint density at radius 1 is 0.929 bits per heavy atom. The average molecular weight is 198 g/mol. The predicted octanol–water partition coefficient (Wildman–Crippen LogP) is 5.75. The third-order valence-corrected chi connectivity index (χ3v) is 1.83. The highest BCUT2D eigenvalue weighted by Gasteiger charge is 1.95. The zero-order chi connectivity index (χ0) is 12.1. The molecule has 86 valence electrons. The third kappa shape index (κ3) is 11.5. The fourth-order valence-electron chi connectivity index (χ4n) is 0.843. The summed E-state index contributed by atoms with van der Waals surface area (Å²) in [4.78, 5) is 0. The van der Waals surface area contributed by atoms with Crippen molar-refractivity contribution in [2.45, 2.75) is 68.2 Å². The molecular formula is C14H30. The minimum absolute atomic E-state index is 1.14. The van der Waals surface area contributed by atoms with E-state index in [-0.39, 0.29) is 0 Å². The highest BCUT2D eigenvalue weighted by atomic mass is 14.0. The molecule has 0 saturated carbocycles. The molecule has 0 aromatic rings. The van der Waals surface area contributed by atoms with Gasteiger partial charge in [-0.15, -0.1) is 0 Å². The van der Waals surface area contributed by atoms with Crippen LogP contribution in [0.25, 0.3) is 0 Å². The molecule has 0 N–H and O–H groups in total. The molecule has 0 aromatic carbocycles. The molecule has 0 aromatic heterocycles. The van der Waals surface area contributed by atoms with Crippen LogP contribution in [0.3, 0.4) is 0 Å². The molecule has 0 rings (SSSR count). The van der Waals surface area contributed by atoms with Gasteiger partial charge in [-0.2, -0.15) is 0 Å². The van der Waals surface area contributed by atoms with E-state index in [0.29, 0.717) is 0 Å². The quantitative estimate of drug-likeness (QED) is 0.506. The Bertz CT molecular complexity index is 145. The summed E-state index contributed by atoms with van der Waals surface area (Å²) >= 11 is 0. The lowest BCUT2D eigenvalue weighted by atomic mass is 10.0. The van der Waals surface area contributed by atoms with Gasteiger partial charge in [0.15, 0.2) is 0 Å². The first kappa shape index (κ1) is 19.1. The van der Waals surface area contributed by atoms with Crippen LogP contribution < -0.4 is 0 Å². The zero-order valence-electron chi connectivity index (χ0n) is 11.6. The minimum Gasteiger partial charge on any atom is -0.0956 e. The summed E-state index contributed by atoms with van der Waals surface area (Å²) in [5.74, 6) is 0. The van der Waals surface area contributed by atoms with Crippen molar-refractivity contribution in [3.63, 3.8) is 0 Å². The van der Waals surface area contributed by atoms with Crippen molar-refractivity contribution in [1.29, 1.82) is 0 Å². The highest BCUT2D eigenvalue weighted by molar-refractivity contribution is 5.29. The van der Waals surface area contributed by atoms with Gasteiger partial charge >= 0.3 is 0 Å². The van der Waals surface area contributed by atoms with E-state index in [0.717, 1.165) is 6.42 Å². The first-order chi connectivity index (χ1) is 6.59. The molecule has 0 spiro atoms. The van der Waals surface area contributed by atoms with Crippen molar-refractivity contribution >= 4 is 0 Å². The Kier molecular flexibility index (Phi) is 20.4. The van der Waals surface area contributed by atoms with Crippen LogP contribution in [0.2, 0.25) is 0 Å². The normalized spacial score (nSPS) is 7.43. The number of hydrogen-bond acceptors (Lipinski definition) is 0. The summed E-state index contributed by atoms with van der Waals surface area (Å²) in [7, 11) is 0. The van der Waals surface area contributed by atoms with Gasteiger partial charge < -0.3 is 0 Å². The Hall–Kier alpha value is -0.520. The van der Waals surface area contributed by atoms with E-state index >= 15 is 0 Å². The van der Waals surface area contributed by atoms with E-state index in [9.17, 15) is 0 Å². The van der Waals surface area contributed by atoms with Gasteiger partial charge in [0.1, 0.15) is 0 Å². The summed E-state index contributed by atoms with van der Waals surface area (Å²) in [5.41, 5.74) is 4.06. The Morgan fingerprint density at radius 3 is 1.50 bits per heavy atom. The van der Waals surface area contributed by atoms with Crippen molar-refractivity contribution in [2.75, 3.05) is 0 Å². The van der Waals surface area contributed by atoms with Crippen LogP contribution in [-0.2, 0) is 0 Å². The van der Waals surface area contributed by atoms with E-state index < -0.39 is 0 Å². The maximum absolute atomic E-state index is 4.01. The van der Waals surface area contributed by atoms with Gasteiger partial charge in [0, 0.05) is 0 Å². The topological polar surface area (TPSA) is 0 Å². The maximum atomic E-state index is 4.01. The standard InChI is InChI=1S/C10H18.2C2H6/c1-6-7-9(4)10(5)8(2)3;2*1-2/h4,6-7H2,1-3,5H3;2*1-2H3. The fraction of sp³-hybridized carbons (Fsp3) is 0.714. The molecule has 0 aliphatic heterocycles. The van der Waals surface area contributed by atoms with Crippen molar-refractivity contribution in [2.24, 2.45) is 0 Å². The SMILES string of the molecule is C=C(CCC)C(C)=C(C)C.CC.CC. The molecule has 0 nitrogen and oxygen atoms in total. The summed E-state index contributed by atoms with van der Waals surface area (Å²) in [6, 6.07) is 0.